The molecule has 5 heterocycles. The monoisotopic (exact) mass is 466 g/mol. The number of rotatable bonds is 5. The maximum absolute atomic E-state index is 12.5. The van der Waals surface area contributed by atoms with Gasteiger partial charge in [-0.15, -0.1) is 10.2 Å². The molecule has 1 saturated heterocycles. The number of anilines is 1. The van der Waals surface area contributed by atoms with Gasteiger partial charge in [-0.25, -0.2) is 9.78 Å². The van der Waals surface area contributed by atoms with Crippen molar-refractivity contribution >= 4 is 11.8 Å². The van der Waals surface area contributed by atoms with E-state index in [0.717, 1.165) is 42.9 Å². The van der Waals surface area contributed by atoms with Crippen molar-refractivity contribution in [2.24, 2.45) is 0 Å². The van der Waals surface area contributed by atoms with E-state index >= 15 is 0 Å². The Balaban J connectivity index is 1.37. The van der Waals surface area contributed by atoms with Gasteiger partial charge in [0.05, 0.1) is 5.69 Å². The van der Waals surface area contributed by atoms with E-state index in [4.69, 9.17) is 20.0 Å². The summed E-state index contributed by atoms with van der Waals surface area (Å²) in [5.74, 6) is 1.55. The molecule has 1 fully saturated rings. The van der Waals surface area contributed by atoms with Gasteiger partial charge >= 0.3 is 6.03 Å². The van der Waals surface area contributed by atoms with Crippen molar-refractivity contribution in [3.8, 4) is 17.0 Å². The molecule has 11 heteroatoms. The number of nitrogens with zero attached hydrogens (tertiary/aromatic N) is 6. The van der Waals surface area contributed by atoms with Crippen molar-refractivity contribution in [2.45, 2.75) is 64.6 Å². The summed E-state index contributed by atoms with van der Waals surface area (Å²) < 4.78 is 13.5. The predicted octanol–water partition coefficient (Wildman–Crippen LogP) is 2.82. The lowest BCUT2D eigenvalue weighted by atomic mass is 9.82. The Morgan fingerprint density at radius 2 is 2.03 bits per heavy atom. The predicted molar refractivity (Wildman–Crippen MR) is 124 cm³/mol. The molecule has 1 spiro atoms. The van der Waals surface area contributed by atoms with Gasteiger partial charge in [0.25, 0.3) is 5.89 Å². The Hall–Kier alpha value is -3.63. The van der Waals surface area contributed by atoms with Gasteiger partial charge in [0.15, 0.2) is 17.7 Å². The van der Waals surface area contributed by atoms with E-state index in [2.05, 4.69) is 31.2 Å². The van der Waals surface area contributed by atoms with Gasteiger partial charge in [0.1, 0.15) is 0 Å². The zero-order valence-electron chi connectivity index (χ0n) is 19.9. The zero-order valence-corrected chi connectivity index (χ0v) is 19.9. The first-order valence-electron chi connectivity index (χ1n) is 11.6. The topological polar surface area (TPSA) is 137 Å². The lowest BCUT2D eigenvalue weighted by Crippen LogP contribution is -2.43. The fourth-order valence-corrected chi connectivity index (χ4v) is 4.81. The van der Waals surface area contributed by atoms with Gasteiger partial charge in [-0.2, -0.15) is 5.10 Å². The zero-order chi connectivity index (χ0) is 24.0. The number of amides is 2. The molecule has 3 aromatic rings. The third-order valence-corrected chi connectivity index (χ3v) is 6.55. The van der Waals surface area contributed by atoms with Gasteiger partial charge in [0.2, 0.25) is 5.89 Å². The smallest absolute Gasteiger partial charge is 0.317 e. The highest BCUT2D eigenvalue weighted by molar-refractivity contribution is 5.75. The summed E-state index contributed by atoms with van der Waals surface area (Å²) in [5, 5.41) is 15.7. The summed E-state index contributed by atoms with van der Waals surface area (Å²) in [6.07, 6.45) is 3.14. The number of urea groups is 1. The van der Waals surface area contributed by atoms with E-state index in [9.17, 15) is 4.79 Å². The Kier molecular flexibility index (Phi) is 5.41. The fourth-order valence-electron chi connectivity index (χ4n) is 4.81. The van der Waals surface area contributed by atoms with Crippen molar-refractivity contribution in [2.75, 3.05) is 18.8 Å². The Bertz CT molecular complexity index is 1220. The average molecular weight is 467 g/mol. The van der Waals surface area contributed by atoms with Crippen molar-refractivity contribution in [3.05, 3.63) is 35.8 Å². The van der Waals surface area contributed by atoms with Crippen LogP contribution >= 0.6 is 0 Å². The van der Waals surface area contributed by atoms with Crippen molar-refractivity contribution < 1.29 is 13.9 Å². The lowest BCUT2D eigenvalue weighted by Gasteiger charge is -2.24. The fraction of sp³-hybridized carbons (Fsp3) is 0.522. The van der Waals surface area contributed by atoms with E-state index in [0.29, 0.717) is 24.1 Å². The second-order valence-corrected chi connectivity index (χ2v) is 9.47. The van der Waals surface area contributed by atoms with Crippen LogP contribution in [0.4, 0.5) is 10.6 Å². The molecule has 3 aromatic heterocycles. The number of ether oxygens (including phenoxy) is 1. The lowest BCUT2D eigenvalue weighted by molar-refractivity contribution is 0.187. The van der Waals surface area contributed by atoms with Crippen LogP contribution in [0, 0.1) is 6.92 Å². The summed E-state index contributed by atoms with van der Waals surface area (Å²) in [5.41, 5.74) is 8.78. The molecule has 0 aliphatic carbocycles. The molecule has 34 heavy (non-hydrogen) atoms. The minimum atomic E-state index is -0.475. The summed E-state index contributed by atoms with van der Waals surface area (Å²) >= 11 is 0. The number of hydrogen-bond donors (Lipinski definition) is 2. The van der Waals surface area contributed by atoms with Gasteiger partial charge in [0, 0.05) is 55.5 Å². The second-order valence-electron chi connectivity index (χ2n) is 9.47. The first-order valence-corrected chi connectivity index (χ1v) is 11.6. The van der Waals surface area contributed by atoms with Crippen LogP contribution in [0.3, 0.4) is 0 Å². The molecular weight excluding hydrogens is 436 g/mol. The number of carbonyl (C=O) groups excluding carboxylic acids is 1. The number of likely N-dealkylation sites (tertiary alicyclic amines) is 1. The molecule has 0 radical (unpaired) electrons. The molecule has 2 amide bonds. The largest absolute Gasteiger partial charge is 0.477 e. The van der Waals surface area contributed by atoms with Gasteiger partial charge < -0.3 is 25.1 Å². The normalized spacial score (nSPS) is 20.2. The van der Waals surface area contributed by atoms with Crippen molar-refractivity contribution in [1.82, 2.24) is 35.2 Å². The number of nitrogens with one attached hydrogen (secondary N) is 1. The molecule has 3 N–H and O–H groups in total. The number of nitrogen functional groups attached to an aromatic ring is 1. The standard InChI is InChI=1S/C23H30N8O3/c1-13(2)26-22(32)30-7-5-23(12-30)6-8-31-19(23)10-17(29-31)16-9-18(20(24)25-11-16)33-14(3)21-28-27-15(4)34-21/h9-11,13-14H,5-8,12H2,1-4H3,(H2,24,25)(H,26,32)/t14-,23-/m1/s1. The van der Waals surface area contributed by atoms with E-state index < -0.39 is 6.10 Å². The molecule has 11 nitrogen and oxygen atoms in total. The van der Waals surface area contributed by atoms with E-state index in [1.807, 2.05) is 31.7 Å². The highest BCUT2D eigenvalue weighted by Crippen LogP contribution is 2.44. The first-order chi connectivity index (χ1) is 16.2. The van der Waals surface area contributed by atoms with Gasteiger partial charge in [-0.1, -0.05) is 0 Å². The molecule has 2 atom stereocenters. The van der Waals surface area contributed by atoms with Crippen LogP contribution in [-0.2, 0) is 12.0 Å². The highest BCUT2D eigenvalue weighted by Gasteiger charge is 2.47. The molecule has 2 aliphatic heterocycles. The van der Waals surface area contributed by atoms with Crippen LogP contribution in [0.5, 0.6) is 5.75 Å². The minimum Gasteiger partial charge on any atom is -0.477 e. The number of aromatic nitrogens is 5. The Labute approximate surface area is 197 Å². The minimum absolute atomic E-state index is 0.000138. The van der Waals surface area contributed by atoms with Crippen LogP contribution in [0.1, 0.15) is 57.2 Å². The van der Waals surface area contributed by atoms with Crippen LogP contribution in [0.15, 0.2) is 22.7 Å². The summed E-state index contributed by atoms with van der Waals surface area (Å²) in [7, 11) is 0. The third kappa shape index (κ3) is 3.95. The van der Waals surface area contributed by atoms with Crippen molar-refractivity contribution in [3.63, 3.8) is 0 Å². The molecule has 0 bridgehead atoms. The Morgan fingerprint density at radius 3 is 2.76 bits per heavy atom. The number of hydrogen-bond acceptors (Lipinski definition) is 8. The molecular formula is C23H30N8O3. The van der Waals surface area contributed by atoms with Crippen LogP contribution in [0.25, 0.3) is 11.3 Å². The molecule has 180 valence electrons. The van der Waals surface area contributed by atoms with Crippen LogP contribution in [0.2, 0.25) is 0 Å². The Morgan fingerprint density at radius 1 is 1.24 bits per heavy atom. The number of pyridine rings is 1. The SMILES string of the molecule is Cc1nnc([C@@H](C)Oc2cc(-c3cc4n(n3)CC[C@@]43CCN(C(=O)NC(C)C)C3)cnc2N)o1. The van der Waals surface area contributed by atoms with Crippen LogP contribution < -0.4 is 15.8 Å². The first kappa shape index (κ1) is 22.2. The summed E-state index contributed by atoms with van der Waals surface area (Å²) in [6, 6.07) is 4.06. The number of nitrogens with two attached hydrogens (primary N) is 1. The molecule has 5 rings (SSSR count). The molecule has 0 aromatic carbocycles. The molecule has 0 saturated carbocycles. The maximum atomic E-state index is 12.5. The highest BCUT2D eigenvalue weighted by atomic mass is 16.5. The van der Waals surface area contributed by atoms with Crippen LogP contribution in [-0.4, -0.2) is 55.0 Å². The molecule has 2 aliphatic rings. The third-order valence-electron chi connectivity index (χ3n) is 6.55. The summed E-state index contributed by atoms with van der Waals surface area (Å²) in [4.78, 5) is 18.8. The van der Waals surface area contributed by atoms with E-state index in [1.165, 1.54) is 0 Å². The number of fused-ring (bicyclic) bond motifs is 2. The number of carbonyl (C=O) groups is 1. The maximum Gasteiger partial charge on any atom is 0.317 e. The second kappa shape index (κ2) is 8.30. The quantitative estimate of drug-likeness (QED) is 0.586. The van der Waals surface area contributed by atoms with Crippen molar-refractivity contribution in [1.29, 1.82) is 0 Å². The summed E-state index contributed by atoms with van der Waals surface area (Å²) in [6.45, 7) is 9.76. The average Bonchev–Trinajstić information content (AvgIpc) is 3.55. The molecule has 0 unspecified atom stereocenters. The van der Waals surface area contributed by atoms with E-state index in [-0.39, 0.29) is 23.3 Å². The van der Waals surface area contributed by atoms with Gasteiger partial charge in [-0.05, 0) is 45.7 Å². The number of aryl methyl sites for hydroxylation is 2. The van der Waals surface area contributed by atoms with E-state index in [1.54, 1.807) is 13.1 Å². The van der Waals surface area contributed by atoms with Gasteiger partial charge in [-0.3, -0.25) is 4.68 Å².